The Morgan fingerprint density at radius 1 is 1.22 bits per heavy atom. The van der Waals surface area contributed by atoms with Crippen molar-refractivity contribution >= 4 is 52.1 Å². The second-order valence-electron chi connectivity index (χ2n) is 4.38. The van der Waals surface area contributed by atoms with Crippen molar-refractivity contribution < 1.29 is 14.3 Å². The van der Waals surface area contributed by atoms with Gasteiger partial charge in [0.1, 0.15) is 0 Å². The number of amides is 1. The Kier molecular flexibility index (Phi) is 6.05. The lowest BCUT2D eigenvalue weighted by molar-refractivity contribution is 0.102. The van der Waals surface area contributed by atoms with E-state index in [9.17, 15) is 9.59 Å². The Bertz CT molecular complexity index is 785. The number of ether oxygens (including phenoxy) is 1. The summed E-state index contributed by atoms with van der Waals surface area (Å²) in [5.41, 5.74) is 0.435. The number of carbonyl (C=O) groups is 2. The summed E-state index contributed by atoms with van der Waals surface area (Å²) in [6, 6.07) is 8.13. The predicted octanol–water partition coefficient (Wildman–Crippen LogP) is 4.86. The summed E-state index contributed by atoms with van der Waals surface area (Å²) >= 11 is 13.0. The number of ketones is 1. The Hall–Kier alpha value is -2.00. The molecule has 1 aromatic heterocycles. The van der Waals surface area contributed by atoms with Gasteiger partial charge in [-0.15, -0.1) is 11.3 Å². The summed E-state index contributed by atoms with van der Waals surface area (Å²) in [6.07, 6.45) is -0.659. The SMILES string of the molecule is CC(=O)c1ccc(C#CCOC(=O)Nc2cc(Cl)cc(Cl)c2)s1. The fraction of sp³-hybridized carbons (Fsp3) is 0.125. The van der Waals surface area contributed by atoms with Crippen LogP contribution >= 0.6 is 34.5 Å². The van der Waals surface area contributed by atoms with Crippen molar-refractivity contribution in [1.29, 1.82) is 0 Å². The standard InChI is InChI=1S/C16H11Cl2NO3S/c1-10(20)15-5-4-14(23-15)3-2-6-22-16(21)19-13-8-11(17)7-12(18)9-13/h4-5,7-9H,6H2,1H3,(H,19,21). The van der Waals surface area contributed by atoms with Gasteiger partial charge >= 0.3 is 6.09 Å². The number of hydrogen-bond acceptors (Lipinski definition) is 4. The minimum absolute atomic E-state index is 0.00106. The zero-order valence-corrected chi connectivity index (χ0v) is 14.3. The maximum absolute atomic E-state index is 11.6. The Morgan fingerprint density at radius 3 is 2.52 bits per heavy atom. The lowest BCUT2D eigenvalue weighted by atomic mass is 10.3. The summed E-state index contributed by atoms with van der Waals surface area (Å²) in [7, 11) is 0. The summed E-state index contributed by atoms with van der Waals surface area (Å²) in [5.74, 6) is 5.53. The number of carbonyl (C=O) groups excluding carboxylic acids is 2. The minimum atomic E-state index is -0.659. The van der Waals surface area contributed by atoms with Crippen LogP contribution in [0, 0.1) is 11.8 Å². The quantitative estimate of drug-likeness (QED) is 0.622. The molecule has 0 saturated carbocycles. The van der Waals surface area contributed by atoms with Gasteiger partial charge in [0.05, 0.1) is 9.75 Å². The molecule has 2 rings (SSSR count). The van der Waals surface area contributed by atoms with Gasteiger partial charge in [0.15, 0.2) is 12.4 Å². The summed E-state index contributed by atoms with van der Waals surface area (Å²) in [5, 5.41) is 3.32. The smallest absolute Gasteiger partial charge is 0.412 e. The maximum Gasteiger partial charge on any atom is 0.412 e. The van der Waals surface area contributed by atoms with Crippen LogP contribution in [0.2, 0.25) is 10.0 Å². The third-order valence-corrected chi connectivity index (χ3v) is 4.09. The average Bonchev–Trinajstić information content (AvgIpc) is 2.91. The van der Waals surface area contributed by atoms with Crippen LogP contribution in [0.4, 0.5) is 10.5 Å². The first-order valence-electron chi connectivity index (χ1n) is 6.43. The molecule has 118 valence electrons. The summed E-state index contributed by atoms with van der Waals surface area (Å²) in [6.45, 7) is 1.42. The molecular formula is C16H11Cl2NO3S. The number of nitrogens with one attached hydrogen (secondary N) is 1. The van der Waals surface area contributed by atoms with Crippen LogP contribution < -0.4 is 5.32 Å². The molecule has 0 unspecified atom stereocenters. The van der Waals surface area contributed by atoms with E-state index in [0.29, 0.717) is 20.6 Å². The predicted molar refractivity (Wildman–Crippen MR) is 92.6 cm³/mol. The van der Waals surface area contributed by atoms with E-state index >= 15 is 0 Å². The number of rotatable bonds is 3. The van der Waals surface area contributed by atoms with Gasteiger partial charge < -0.3 is 4.74 Å². The van der Waals surface area contributed by atoms with Crippen LogP contribution in [0.15, 0.2) is 30.3 Å². The molecular weight excluding hydrogens is 357 g/mol. The molecule has 0 aliphatic carbocycles. The van der Waals surface area contributed by atoms with E-state index in [1.54, 1.807) is 30.3 Å². The van der Waals surface area contributed by atoms with Crippen molar-refractivity contribution in [2.75, 3.05) is 11.9 Å². The van der Waals surface area contributed by atoms with Crippen LogP contribution in [-0.2, 0) is 4.74 Å². The molecule has 0 fully saturated rings. The van der Waals surface area contributed by atoms with Crippen molar-refractivity contribution in [2.45, 2.75) is 6.92 Å². The van der Waals surface area contributed by atoms with Crippen molar-refractivity contribution in [1.82, 2.24) is 0 Å². The van der Waals surface area contributed by atoms with Crippen LogP contribution in [0.5, 0.6) is 0 Å². The highest BCUT2D eigenvalue weighted by Gasteiger charge is 2.05. The number of thiophene rings is 1. The molecule has 2 aromatic rings. The molecule has 4 nitrogen and oxygen atoms in total. The molecule has 1 N–H and O–H groups in total. The van der Waals surface area contributed by atoms with Crippen LogP contribution in [0.25, 0.3) is 0 Å². The van der Waals surface area contributed by atoms with Crippen LogP contribution in [0.3, 0.4) is 0 Å². The largest absolute Gasteiger partial charge is 0.436 e. The van der Waals surface area contributed by atoms with E-state index in [1.807, 2.05) is 0 Å². The molecule has 1 aromatic carbocycles. The molecule has 0 saturated heterocycles. The van der Waals surface area contributed by atoms with Crippen molar-refractivity contribution in [3.8, 4) is 11.8 Å². The van der Waals surface area contributed by atoms with E-state index in [1.165, 1.54) is 18.3 Å². The molecule has 0 bridgehead atoms. The second kappa shape index (κ2) is 8.02. The molecule has 0 aliphatic heterocycles. The lowest BCUT2D eigenvalue weighted by Crippen LogP contribution is -2.13. The number of benzene rings is 1. The highest BCUT2D eigenvalue weighted by Crippen LogP contribution is 2.22. The van der Waals surface area contributed by atoms with Gasteiger partial charge in [0, 0.05) is 15.7 Å². The molecule has 7 heteroatoms. The normalized spacial score (nSPS) is 9.70. The molecule has 0 atom stereocenters. The van der Waals surface area contributed by atoms with E-state index in [0.717, 1.165) is 4.88 Å². The van der Waals surface area contributed by atoms with Gasteiger partial charge in [-0.25, -0.2) is 4.79 Å². The average molecular weight is 368 g/mol. The molecule has 23 heavy (non-hydrogen) atoms. The van der Waals surface area contributed by atoms with Crippen molar-refractivity contribution in [3.63, 3.8) is 0 Å². The third kappa shape index (κ3) is 5.61. The minimum Gasteiger partial charge on any atom is -0.436 e. The Morgan fingerprint density at radius 2 is 1.91 bits per heavy atom. The van der Waals surface area contributed by atoms with Gasteiger partial charge in [0.2, 0.25) is 0 Å². The van der Waals surface area contributed by atoms with E-state index < -0.39 is 6.09 Å². The second-order valence-corrected chi connectivity index (χ2v) is 6.34. The zero-order chi connectivity index (χ0) is 16.8. The van der Waals surface area contributed by atoms with Crippen LogP contribution in [-0.4, -0.2) is 18.5 Å². The number of anilines is 1. The molecule has 0 spiro atoms. The Labute approximate surface area is 147 Å². The lowest BCUT2D eigenvalue weighted by Gasteiger charge is -2.05. The van der Waals surface area contributed by atoms with E-state index in [-0.39, 0.29) is 12.4 Å². The first kappa shape index (κ1) is 17.4. The number of halogens is 2. The number of Topliss-reactive ketones (excluding diaryl/α,β-unsaturated/α-hetero) is 1. The van der Waals surface area contributed by atoms with Gasteiger partial charge in [-0.3, -0.25) is 10.1 Å². The summed E-state index contributed by atoms with van der Waals surface area (Å²) < 4.78 is 4.93. The molecule has 1 amide bonds. The molecule has 1 heterocycles. The molecule has 0 radical (unpaired) electrons. The zero-order valence-electron chi connectivity index (χ0n) is 12.0. The fourth-order valence-corrected chi connectivity index (χ4v) is 2.90. The van der Waals surface area contributed by atoms with Crippen LogP contribution in [0.1, 0.15) is 21.5 Å². The van der Waals surface area contributed by atoms with Gasteiger partial charge in [0.25, 0.3) is 0 Å². The van der Waals surface area contributed by atoms with Gasteiger partial charge in [-0.1, -0.05) is 35.0 Å². The highest BCUT2D eigenvalue weighted by atomic mass is 35.5. The van der Waals surface area contributed by atoms with Gasteiger partial charge in [-0.2, -0.15) is 0 Å². The van der Waals surface area contributed by atoms with E-state index in [4.69, 9.17) is 27.9 Å². The van der Waals surface area contributed by atoms with E-state index in [2.05, 4.69) is 17.2 Å². The summed E-state index contributed by atoms with van der Waals surface area (Å²) in [4.78, 5) is 24.2. The number of hydrogen-bond donors (Lipinski definition) is 1. The van der Waals surface area contributed by atoms with Crippen molar-refractivity contribution in [3.05, 3.63) is 50.1 Å². The third-order valence-electron chi connectivity index (χ3n) is 2.55. The van der Waals surface area contributed by atoms with Gasteiger partial charge in [-0.05, 0) is 37.3 Å². The maximum atomic E-state index is 11.6. The van der Waals surface area contributed by atoms with Crippen molar-refractivity contribution in [2.24, 2.45) is 0 Å². The highest BCUT2D eigenvalue weighted by molar-refractivity contribution is 7.14. The molecule has 0 aliphatic rings. The monoisotopic (exact) mass is 367 g/mol. The first-order chi connectivity index (χ1) is 10.9. The topological polar surface area (TPSA) is 55.4 Å². The first-order valence-corrected chi connectivity index (χ1v) is 8.01. The fourth-order valence-electron chi connectivity index (χ4n) is 1.60. The Balaban J connectivity index is 1.85.